The van der Waals surface area contributed by atoms with Crippen LogP contribution < -0.4 is 5.73 Å². The molecule has 0 unspecified atom stereocenters. The van der Waals surface area contributed by atoms with E-state index in [-0.39, 0.29) is 10.7 Å². The minimum Gasteiger partial charge on any atom is -0.379 e. The van der Waals surface area contributed by atoms with Crippen molar-refractivity contribution < 1.29 is 13.2 Å². The lowest BCUT2D eigenvalue weighted by atomic mass is 9.79. The predicted octanol–water partition coefficient (Wildman–Crippen LogP) is 1.63. The van der Waals surface area contributed by atoms with Crippen LogP contribution in [0.2, 0.25) is 0 Å². The van der Waals surface area contributed by atoms with Crippen LogP contribution in [-0.2, 0) is 20.0 Å². The molecule has 0 spiro atoms. The van der Waals surface area contributed by atoms with Gasteiger partial charge in [0, 0.05) is 12.0 Å². The Balaban J connectivity index is 1.88. The molecule has 1 aliphatic carbocycles. The molecule has 1 heterocycles. The Morgan fingerprint density at radius 1 is 1.15 bits per heavy atom. The fraction of sp³-hybridized carbons (Fsp3) is 0.600. The largest absolute Gasteiger partial charge is 0.379 e. The SMILES string of the molecule is NCC1(c2ccc(S(=O)(=O)C3COC3)cc2)CCCC1. The molecule has 110 valence electrons. The van der Waals surface area contributed by atoms with Gasteiger partial charge in [-0.05, 0) is 30.5 Å². The molecule has 1 aliphatic heterocycles. The summed E-state index contributed by atoms with van der Waals surface area (Å²) in [6.07, 6.45) is 4.62. The van der Waals surface area contributed by atoms with Gasteiger partial charge in [0.05, 0.1) is 18.1 Å². The monoisotopic (exact) mass is 295 g/mol. The fourth-order valence-corrected chi connectivity index (χ4v) is 4.70. The zero-order chi connectivity index (χ0) is 14.2. The number of ether oxygens (including phenoxy) is 1. The fourth-order valence-electron chi connectivity index (χ4n) is 3.25. The Bertz CT molecular complexity index is 570. The second-order valence-corrected chi connectivity index (χ2v) is 8.15. The Hall–Kier alpha value is -0.910. The van der Waals surface area contributed by atoms with E-state index in [1.54, 1.807) is 12.1 Å². The molecule has 2 N–H and O–H groups in total. The Labute approximate surface area is 120 Å². The van der Waals surface area contributed by atoms with E-state index in [2.05, 4.69) is 0 Å². The van der Waals surface area contributed by atoms with Gasteiger partial charge < -0.3 is 10.5 Å². The van der Waals surface area contributed by atoms with Crippen molar-refractivity contribution in [1.29, 1.82) is 0 Å². The van der Waals surface area contributed by atoms with Crippen molar-refractivity contribution in [3.05, 3.63) is 29.8 Å². The number of nitrogens with two attached hydrogens (primary N) is 1. The van der Waals surface area contributed by atoms with Gasteiger partial charge in [-0.2, -0.15) is 0 Å². The van der Waals surface area contributed by atoms with Gasteiger partial charge in [0.2, 0.25) is 0 Å². The molecule has 0 aromatic heterocycles. The van der Waals surface area contributed by atoms with Crippen LogP contribution >= 0.6 is 0 Å². The molecule has 2 aliphatic rings. The molecule has 0 atom stereocenters. The molecular formula is C15H21NO3S. The molecular weight excluding hydrogens is 274 g/mol. The Morgan fingerprint density at radius 2 is 1.75 bits per heavy atom. The van der Waals surface area contributed by atoms with Gasteiger partial charge in [0.25, 0.3) is 0 Å². The summed E-state index contributed by atoms with van der Waals surface area (Å²) in [5.41, 5.74) is 7.21. The van der Waals surface area contributed by atoms with Crippen LogP contribution in [0, 0.1) is 0 Å². The summed E-state index contributed by atoms with van der Waals surface area (Å²) >= 11 is 0. The van der Waals surface area contributed by atoms with E-state index < -0.39 is 9.84 Å². The van der Waals surface area contributed by atoms with E-state index in [1.807, 2.05) is 12.1 Å². The molecule has 1 saturated heterocycles. The minimum atomic E-state index is -3.23. The van der Waals surface area contributed by atoms with Gasteiger partial charge in [0.15, 0.2) is 9.84 Å². The first-order valence-corrected chi connectivity index (χ1v) is 8.75. The maximum absolute atomic E-state index is 12.3. The third-order valence-electron chi connectivity index (χ3n) is 4.79. The number of benzene rings is 1. The summed E-state index contributed by atoms with van der Waals surface area (Å²) < 4.78 is 29.6. The summed E-state index contributed by atoms with van der Waals surface area (Å²) in [5.74, 6) is 0. The van der Waals surface area contributed by atoms with Crippen LogP contribution in [0.4, 0.5) is 0 Å². The van der Waals surface area contributed by atoms with E-state index in [9.17, 15) is 8.42 Å². The number of rotatable bonds is 4. The predicted molar refractivity (Wildman–Crippen MR) is 77.4 cm³/mol. The summed E-state index contributed by atoms with van der Waals surface area (Å²) in [6.45, 7) is 1.27. The number of hydrogen-bond donors (Lipinski definition) is 1. The van der Waals surface area contributed by atoms with Crippen molar-refractivity contribution in [2.75, 3.05) is 19.8 Å². The van der Waals surface area contributed by atoms with Crippen LogP contribution in [-0.4, -0.2) is 33.4 Å². The van der Waals surface area contributed by atoms with Crippen LogP contribution in [0.15, 0.2) is 29.2 Å². The standard InChI is InChI=1S/C15H21NO3S/c16-11-15(7-1-2-8-15)12-3-5-13(6-4-12)20(17,18)14-9-19-10-14/h3-6,14H,1-2,7-11,16H2. The smallest absolute Gasteiger partial charge is 0.185 e. The highest BCUT2D eigenvalue weighted by Gasteiger charge is 2.36. The van der Waals surface area contributed by atoms with Crippen molar-refractivity contribution in [3.63, 3.8) is 0 Å². The number of hydrogen-bond acceptors (Lipinski definition) is 4. The van der Waals surface area contributed by atoms with E-state index in [0.717, 1.165) is 12.8 Å². The normalized spacial score (nSPS) is 22.6. The zero-order valence-corrected chi connectivity index (χ0v) is 12.4. The first-order chi connectivity index (χ1) is 9.58. The molecule has 5 heteroatoms. The van der Waals surface area contributed by atoms with Crippen LogP contribution in [0.3, 0.4) is 0 Å². The third-order valence-corrected chi connectivity index (χ3v) is 6.87. The molecule has 4 nitrogen and oxygen atoms in total. The lowest BCUT2D eigenvalue weighted by Crippen LogP contribution is -2.40. The maximum atomic E-state index is 12.3. The van der Waals surface area contributed by atoms with Gasteiger partial charge in [-0.1, -0.05) is 25.0 Å². The Morgan fingerprint density at radius 3 is 2.20 bits per heavy atom. The van der Waals surface area contributed by atoms with Crippen molar-refractivity contribution in [2.24, 2.45) is 5.73 Å². The molecule has 0 amide bonds. The quantitative estimate of drug-likeness (QED) is 0.916. The second-order valence-electron chi connectivity index (χ2n) is 5.92. The topological polar surface area (TPSA) is 69.4 Å². The maximum Gasteiger partial charge on any atom is 0.185 e. The number of sulfone groups is 1. The molecule has 0 radical (unpaired) electrons. The Kier molecular flexibility index (Phi) is 3.60. The zero-order valence-electron chi connectivity index (χ0n) is 11.5. The van der Waals surface area contributed by atoms with Crippen molar-refractivity contribution in [3.8, 4) is 0 Å². The lowest BCUT2D eigenvalue weighted by molar-refractivity contribution is 0.0416. The molecule has 1 aromatic rings. The van der Waals surface area contributed by atoms with Gasteiger partial charge in [-0.25, -0.2) is 8.42 Å². The summed E-state index contributed by atoms with van der Waals surface area (Å²) in [5, 5.41) is -0.372. The average molecular weight is 295 g/mol. The highest BCUT2D eigenvalue weighted by molar-refractivity contribution is 7.92. The molecule has 2 fully saturated rings. The van der Waals surface area contributed by atoms with Crippen LogP contribution in [0.1, 0.15) is 31.2 Å². The second kappa shape index (κ2) is 5.13. The first kappa shape index (κ1) is 14.0. The van der Waals surface area contributed by atoms with Gasteiger partial charge in [0.1, 0.15) is 5.25 Å². The summed E-state index contributed by atoms with van der Waals surface area (Å²) in [6, 6.07) is 7.37. The van der Waals surface area contributed by atoms with Gasteiger partial charge in [-0.3, -0.25) is 0 Å². The lowest BCUT2D eigenvalue weighted by Gasteiger charge is -2.29. The van der Waals surface area contributed by atoms with Crippen LogP contribution in [0.25, 0.3) is 0 Å². The molecule has 1 saturated carbocycles. The van der Waals surface area contributed by atoms with Crippen molar-refractivity contribution >= 4 is 9.84 Å². The van der Waals surface area contributed by atoms with Crippen molar-refractivity contribution in [1.82, 2.24) is 0 Å². The minimum absolute atomic E-state index is 0.0574. The molecule has 20 heavy (non-hydrogen) atoms. The van der Waals surface area contributed by atoms with Gasteiger partial charge in [-0.15, -0.1) is 0 Å². The highest BCUT2D eigenvalue weighted by Crippen LogP contribution is 2.40. The molecule has 0 bridgehead atoms. The van der Waals surface area contributed by atoms with E-state index in [0.29, 0.717) is 24.7 Å². The highest BCUT2D eigenvalue weighted by atomic mass is 32.2. The summed E-state index contributed by atoms with van der Waals surface area (Å²) in [4.78, 5) is 0.403. The van der Waals surface area contributed by atoms with E-state index in [4.69, 9.17) is 10.5 Å². The average Bonchev–Trinajstić information content (AvgIpc) is 2.86. The van der Waals surface area contributed by atoms with Crippen LogP contribution in [0.5, 0.6) is 0 Å². The van der Waals surface area contributed by atoms with Gasteiger partial charge >= 0.3 is 0 Å². The van der Waals surface area contributed by atoms with Crippen molar-refractivity contribution in [2.45, 2.75) is 41.2 Å². The van der Waals surface area contributed by atoms with E-state index >= 15 is 0 Å². The molecule has 3 rings (SSSR count). The van der Waals surface area contributed by atoms with E-state index in [1.165, 1.54) is 18.4 Å². The summed E-state index contributed by atoms with van der Waals surface area (Å²) in [7, 11) is -3.23. The molecule has 1 aromatic carbocycles. The first-order valence-electron chi connectivity index (χ1n) is 7.21. The third kappa shape index (κ3) is 2.18.